The summed E-state index contributed by atoms with van der Waals surface area (Å²) in [5.41, 5.74) is 1.95. The lowest BCUT2D eigenvalue weighted by atomic mass is 10.1. The van der Waals surface area contributed by atoms with Crippen molar-refractivity contribution in [2.24, 2.45) is 0 Å². The van der Waals surface area contributed by atoms with Crippen molar-refractivity contribution in [2.75, 3.05) is 18.9 Å². The van der Waals surface area contributed by atoms with Crippen LogP contribution in [0.1, 0.15) is 33.2 Å². The molecule has 3 aromatic rings. The summed E-state index contributed by atoms with van der Waals surface area (Å²) in [6, 6.07) is 17.1. The van der Waals surface area contributed by atoms with Gasteiger partial charge in [-0.05, 0) is 61.0 Å². The van der Waals surface area contributed by atoms with Gasteiger partial charge in [-0.25, -0.2) is 8.42 Å². The summed E-state index contributed by atoms with van der Waals surface area (Å²) in [5.74, 6) is 0.711. The summed E-state index contributed by atoms with van der Waals surface area (Å²) in [5, 5.41) is 2.81. The first-order valence-electron chi connectivity index (χ1n) is 9.96. The van der Waals surface area contributed by atoms with Crippen molar-refractivity contribution in [1.82, 2.24) is 5.32 Å². The summed E-state index contributed by atoms with van der Waals surface area (Å²) >= 11 is 0. The molecule has 0 aliphatic heterocycles. The molecule has 8 nitrogen and oxygen atoms in total. The Morgan fingerprint density at radius 2 is 1.42 bits per heavy atom. The zero-order valence-corrected chi connectivity index (χ0v) is 19.2. The molecular weight excluding hydrogens is 444 g/mol. The third kappa shape index (κ3) is 5.89. The smallest absolute Gasteiger partial charge is 0.261 e. The Hall–Kier alpha value is -3.85. The maximum atomic E-state index is 12.6. The minimum Gasteiger partial charge on any atom is -0.493 e. The maximum absolute atomic E-state index is 12.6. The highest BCUT2D eigenvalue weighted by molar-refractivity contribution is 7.92. The van der Waals surface area contributed by atoms with E-state index in [9.17, 15) is 18.0 Å². The minimum absolute atomic E-state index is 0.0317. The molecule has 0 radical (unpaired) electrons. The van der Waals surface area contributed by atoms with Crippen LogP contribution >= 0.6 is 0 Å². The first-order chi connectivity index (χ1) is 15.7. The van der Waals surface area contributed by atoms with Crippen molar-refractivity contribution < 1.29 is 27.5 Å². The van der Waals surface area contributed by atoms with Gasteiger partial charge in [0.05, 0.1) is 19.1 Å². The highest BCUT2D eigenvalue weighted by Crippen LogP contribution is 2.27. The Morgan fingerprint density at radius 1 is 0.818 bits per heavy atom. The standard InChI is InChI=1S/C24H24N2O6S/c1-16(27)18-7-11-21(12-8-18)33(29,30)26-20-9-5-19(6-10-20)24(28)25-15-17-4-13-22(31-2)23(14-17)32-3/h4-14,26H,15H2,1-3H3,(H,25,28). The number of hydrogen-bond acceptors (Lipinski definition) is 6. The van der Waals surface area contributed by atoms with E-state index in [1.165, 1.54) is 62.6 Å². The average Bonchev–Trinajstić information content (AvgIpc) is 2.82. The average molecular weight is 469 g/mol. The first kappa shape index (κ1) is 23.8. The number of carbonyl (C=O) groups is 2. The van der Waals surface area contributed by atoms with E-state index in [1.54, 1.807) is 19.2 Å². The van der Waals surface area contributed by atoms with Gasteiger partial charge in [0, 0.05) is 23.4 Å². The Balaban J connectivity index is 1.63. The van der Waals surface area contributed by atoms with Gasteiger partial charge in [0.1, 0.15) is 0 Å². The molecule has 33 heavy (non-hydrogen) atoms. The molecule has 172 valence electrons. The second kappa shape index (κ2) is 10.2. The Morgan fingerprint density at radius 3 is 2.00 bits per heavy atom. The van der Waals surface area contributed by atoms with Crippen LogP contribution in [0.3, 0.4) is 0 Å². The summed E-state index contributed by atoms with van der Waals surface area (Å²) in [7, 11) is -0.744. The molecule has 0 saturated carbocycles. The van der Waals surface area contributed by atoms with Crippen LogP contribution in [-0.4, -0.2) is 34.3 Å². The summed E-state index contributed by atoms with van der Waals surface area (Å²) in [6.45, 7) is 1.69. The van der Waals surface area contributed by atoms with E-state index in [0.29, 0.717) is 28.3 Å². The number of methoxy groups -OCH3 is 2. The van der Waals surface area contributed by atoms with Gasteiger partial charge in [0.2, 0.25) is 0 Å². The second-order valence-corrected chi connectivity index (χ2v) is 8.82. The molecular formula is C24H24N2O6S. The van der Waals surface area contributed by atoms with E-state index in [4.69, 9.17) is 9.47 Å². The number of nitrogens with one attached hydrogen (secondary N) is 2. The van der Waals surface area contributed by atoms with Gasteiger partial charge in [-0.3, -0.25) is 14.3 Å². The molecule has 0 spiro atoms. The highest BCUT2D eigenvalue weighted by atomic mass is 32.2. The Kier molecular flexibility index (Phi) is 7.34. The van der Waals surface area contributed by atoms with Gasteiger partial charge in [-0.1, -0.05) is 18.2 Å². The SMILES string of the molecule is COc1ccc(CNC(=O)c2ccc(NS(=O)(=O)c3ccc(C(C)=O)cc3)cc2)cc1OC. The van der Waals surface area contributed by atoms with Crippen LogP contribution in [0.15, 0.2) is 71.6 Å². The van der Waals surface area contributed by atoms with E-state index in [2.05, 4.69) is 10.0 Å². The number of anilines is 1. The van der Waals surface area contributed by atoms with Gasteiger partial charge in [0.25, 0.3) is 15.9 Å². The van der Waals surface area contributed by atoms with Crippen molar-refractivity contribution in [3.05, 3.63) is 83.4 Å². The Bertz CT molecular complexity index is 1250. The molecule has 0 atom stereocenters. The molecule has 2 N–H and O–H groups in total. The number of carbonyl (C=O) groups excluding carboxylic acids is 2. The van der Waals surface area contributed by atoms with Crippen molar-refractivity contribution in [2.45, 2.75) is 18.4 Å². The van der Waals surface area contributed by atoms with Crippen molar-refractivity contribution in [3.63, 3.8) is 0 Å². The van der Waals surface area contributed by atoms with Crippen LogP contribution < -0.4 is 19.5 Å². The zero-order valence-electron chi connectivity index (χ0n) is 18.4. The molecule has 0 aliphatic rings. The molecule has 0 bridgehead atoms. The highest BCUT2D eigenvalue weighted by Gasteiger charge is 2.15. The summed E-state index contributed by atoms with van der Waals surface area (Å²) in [4.78, 5) is 23.9. The molecule has 0 saturated heterocycles. The van der Waals surface area contributed by atoms with E-state index >= 15 is 0 Å². The number of amides is 1. The van der Waals surface area contributed by atoms with Gasteiger partial charge >= 0.3 is 0 Å². The third-order valence-corrected chi connectivity index (χ3v) is 6.27. The van der Waals surface area contributed by atoms with E-state index in [1.807, 2.05) is 6.07 Å². The lowest BCUT2D eigenvalue weighted by molar-refractivity contribution is 0.0950. The van der Waals surface area contributed by atoms with E-state index in [-0.39, 0.29) is 23.1 Å². The molecule has 0 aliphatic carbocycles. The monoisotopic (exact) mass is 468 g/mol. The largest absolute Gasteiger partial charge is 0.493 e. The topological polar surface area (TPSA) is 111 Å². The second-order valence-electron chi connectivity index (χ2n) is 7.14. The normalized spacial score (nSPS) is 10.9. The zero-order chi connectivity index (χ0) is 24.0. The summed E-state index contributed by atoms with van der Waals surface area (Å²) < 4.78 is 38.1. The molecule has 0 heterocycles. The number of hydrogen-bond donors (Lipinski definition) is 2. The Labute approximate surface area is 192 Å². The van der Waals surface area contributed by atoms with E-state index < -0.39 is 10.0 Å². The number of sulfonamides is 1. The minimum atomic E-state index is -3.83. The fourth-order valence-corrected chi connectivity index (χ4v) is 4.11. The molecule has 1 amide bonds. The predicted molar refractivity (Wildman–Crippen MR) is 124 cm³/mol. The number of rotatable bonds is 9. The fraction of sp³-hybridized carbons (Fsp3) is 0.167. The number of ketones is 1. The van der Waals surface area contributed by atoms with Crippen LogP contribution in [0.5, 0.6) is 11.5 Å². The van der Waals surface area contributed by atoms with Crippen molar-refractivity contribution in [1.29, 1.82) is 0 Å². The molecule has 0 aromatic heterocycles. The van der Waals surface area contributed by atoms with Gasteiger partial charge in [0.15, 0.2) is 17.3 Å². The first-order valence-corrected chi connectivity index (χ1v) is 11.4. The fourth-order valence-electron chi connectivity index (χ4n) is 3.05. The van der Waals surface area contributed by atoms with Gasteiger partial charge in [-0.15, -0.1) is 0 Å². The molecule has 0 unspecified atom stereocenters. The van der Waals surface area contributed by atoms with Crippen LogP contribution in [-0.2, 0) is 16.6 Å². The number of benzene rings is 3. The lowest BCUT2D eigenvalue weighted by Gasteiger charge is -2.11. The molecule has 0 fully saturated rings. The van der Waals surface area contributed by atoms with Crippen molar-refractivity contribution >= 4 is 27.4 Å². The molecule has 9 heteroatoms. The predicted octanol–water partition coefficient (Wildman–Crippen LogP) is 3.64. The molecule has 3 rings (SSSR count). The molecule has 3 aromatic carbocycles. The quantitative estimate of drug-likeness (QED) is 0.464. The van der Waals surface area contributed by atoms with Gasteiger partial charge in [-0.2, -0.15) is 0 Å². The lowest BCUT2D eigenvalue weighted by Crippen LogP contribution is -2.22. The van der Waals surface area contributed by atoms with Crippen LogP contribution in [0.25, 0.3) is 0 Å². The van der Waals surface area contributed by atoms with E-state index in [0.717, 1.165) is 5.56 Å². The van der Waals surface area contributed by atoms with Crippen LogP contribution in [0.4, 0.5) is 5.69 Å². The van der Waals surface area contributed by atoms with Crippen molar-refractivity contribution in [3.8, 4) is 11.5 Å². The number of ether oxygens (including phenoxy) is 2. The number of Topliss-reactive ketones (excluding diaryl/α,β-unsaturated/α-hetero) is 1. The maximum Gasteiger partial charge on any atom is 0.261 e. The van der Waals surface area contributed by atoms with Crippen LogP contribution in [0.2, 0.25) is 0 Å². The van der Waals surface area contributed by atoms with Crippen LogP contribution in [0, 0.1) is 0 Å². The third-order valence-electron chi connectivity index (χ3n) is 4.87. The van der Waals surface area contributed by atoms with Gasteiger partial charge < -0.3 is 14.8 Å². The summed E-state index contributed by atoms with van der Waals surface area (Å²) in [6.07, 6.45) is 0.